The van der Waals surface area contributed by atoms with Crippen molar-refractivity contribution in [2.75, 3.05) is 13.1 Å². The molecule has 1 amide bonds. The molecule has 118 valence electrons. The summed E-state index contributed by atoms with van der Waals surface area (Å²) in [6.45, 7) is 1.42. The molecule has 23 heavy (non-hydrogen) atoms. The van der Waals surface area contributed by atoms with Crippen LogP contribution in [-0.2, 0) is 7.05 Å². The summed E-state index contributed by atoms with van der Waals surface area (Å²) >= 11 is 0. The molecule has 3 aromatic heterocycles. The first-order valence-electron chi connectivity index (χ1n) is 7.65. The van der Waals surface area contributed by atoms with E-state index < -0.39 is 0 Å². The molecule has 0 radical (unpaired) electrons. The Morgan fingerprint density at radius 3 is 3.04 bits per heavy atom. The smallest absolute Gasteiger partial charge is 0.257 e. The molecule has 1 saturated heterocycles. The summed E-state index contributed by atoms with van der Waals surface area (Å²) in [5, 5.41) is 11.3. The highest BCUT2D eigenvalue weighted by atomic mass is 16.2. The minimum atomic E-state index is 0.0257. The average Bonchev–Trinajstić information content (AvgIpc) is 3.20. The number of hydrogen-bond donors (Lipinski definition) is 1. The van der Waals surface area contributed by atoms with Gasteiger partial charge in [0.15, 0.2) is 5.65 Å². The summed E-state index contributed by atoms with van der Waals surface area (Å²) in [5.41, 5.74) is 3.02. The number of fused-ring (bicyclic) bond motifs is 1. The molecule has 4 heterocycles. The van der Waals surface area contributed by atoms with Crippen LogP contribution in [-0.4, -0.2) is 53.8 Å². The van der Waals surface area contributed by atoms with Crippen LogP contribution in [0.5, 0.6) is 0 Å². The number of aromatic amines is 1. The number of nitrogens with one attached hydrogen (secondary N) is 1. The highest BCUT2D eigenvalue weighted by Gasteiger charge is 2.28. The first kappa shape index (κ1) is 13.9. The van der Waals surface area contributed by atoms with Gasteiger partial charge in [0.25, 0.3) is 5.91 Å². The SMILES string of the molecule is Cn1cc(C(=O)N2CCC[C@H](c3[nH]nc4nccnc34)C2)cn1. The molecule has 8 nitrogen and oxygen atoms in total. The predicted molar refractivity (Wildman–Crippen MR) is 82.8 cm³/mol. The molecule has 0 saturated carbocycles. The standard InChI is InChI=1S/C15H17N7O/c1-21-8-11(7-18-21)15(23)22-6-2-3-10(9-22)12-13-14(20-19-12)17-5-4-16-13/h4-5,7-8,10H,2-3,6,9H2,1H3,(H,17,19,20)/t10-/m0/s1. The number of piperidine rings is 1. The molecule has 1 N–H and O–H groups in total. The van der Waals surface area contributed by atoms with E-state index in [1.807, 2.05) is 11.9 Å². The zero-order valence-corrected chi connectivity index (χ0v) is 12.8. The number of carbonyl (C=O) groups is 1. The largest absolute Gasteiger partial charge is 0.338 e. The third-order valence-electron chi connectivity index (χ3n) is 4.28. The number of amides is 1. The Labute approximate surface area is 132 Å². The predicted octanol–water partition coefficient (Wildman–Crippen LogP) is 1.11. The Morgan fingerprint density at radius 2 is 2.22 bits per heavy atom. The van der Waals surface area contributed by atoms with Crippen molar-refractivity contribution in [1.82, 2.24) is 34.8 Å². The van der Waals surface area contributed by atoms with Crippen molar-refractivity contribution in [2.45, 2.75) is 18.8 Å². The lowest BCUT2D eigenvalue weighted by atomic mass is 9.94. The van der Waals surface area contributed by atoms with Crippen molar-refractivity contribution in [2.24, 2.45) is 7.05 Å². The minimum absolute atomic E-state index is 0.0257. The molecule has 1 aliphatic rings. The van der Waals surface area contributed by atoms with Crippen LogP contribution in [0.15, 0.2) is 24.8 Å². The molecular formula is C15H17N7O. The number of rotatable bonds is 2. The van der Waals surface area contributed by atoms with Gasteiger partial charge in [0.1, 0.15) is 5.52 Å². The van der Waals surface area contributed by atoms with Gasteiger partial charge in [-0.2, -0.15) is 10.2 Å². The second-order valence-electron chi connectivity index (χ2n) is 5.86. The Balaban J connectivity index is 1.58. The van der Waals surface area contributed by atoms with Crippen LogP contribution in [0.3, 0.4) is 0 Å². The van der Waals surface area contributed by atoms with Crippen molar-refractivity contribution in [3.05, 3.63) is 36.0 Å². The van der Waals surface area contributed by atoms with Crippen LogP contribution in [0.1, 0.15) is 34.8 Å². The van der Waals surface area contributed by atoms with E-state index in [0.717, 1.165) is 30.6 Å². The van der Waals surface area contributed by atoms with E-state index in [1.165, 1.54) is 0 Å². The molecule has 1 aliphatic heterocycles. The maximum atomic E-state index is 12.6. The third kappa shape index (κ3) is 2.45. The maximum Gasteiger partial charge on any atom is 0.257 e. The normalized spacial score (nSPS) is 18.5. The van der Waals surface area contributed by atoms with Gasteiger partial charge in [0.2, 0.25) is 0 Å². The number of nitrogens with zero attached hydrogens (tertiary/aromatic N) is 6. The molecule has 0 aromatic carbocycles. The molecule has 0 bridgehead atoms. The molecule has 8 heteroatoms. The molecule has 0 unspecified atom stereocenters. The van der Waals surface area contributed by atoms with Crippen molar-refractivity contribution in [3.8, 4) is 0 Å². The van der Waals surface area contributed by atoms with Crippen LogP contribution in [0, 0.1) is 0 Å². The van der Waals surface area contributed by atoms with Crippen molar-refractivity contribution >= 4 is 17.1 Å². The zero-order chi connectivity index (χ0) is 15.8. The number of aromatic nitrogens is 6. The number of H-pyrrole nitrogens is 1. The van der Waals surface area contributed by atoms with E-state index in [2.05, 4.69) is 25.3 Å². The second-order valence-corrected chi connectivity index (χ2v) is 5.86. The Kier molecular flexibility index (Phi) is 3.29. The van der Waals surface area contributed by atoms with Gasteiger partial charge in [-0.1, -0.05) is 0 Å². The number of carbonyl (C=O) groups excluding carboxylic acids is 1. The highest BCUT2D eigenvalue weighted by Crippen LogP contribution is 2.29. The van der Waals surface area contributed by atoms with E-state index in [1.54, 1.807) is 29.5 Å². The first-order valence-corrected chi connectivity index (χ1v) is 7.65. The number of aryl methyl sites for hydroxylation is 1. The van der Waals surface area contributed by atoms with Crippen LogP contribution in [0.4, 0.5) is 0 Å². The van der Waals surface area contributed by atoms with Crippen molar-refractivity contribution in [3.63, 3.8) is 0 Å². The van der Waals surface area contributed by atoms with Gasteiger partial charge in [0, 0.05) is 44.6 Å². The van der Waals surface area contributed by atoms with Gasteiger partial charge in [0.05, 0.1) is 17.5 Å². The van der Waals surface area contributed by atoms with Gasteiger partial charge in [-0.15, -0.1) is 0 Å². The van der Waals surface area contributed by atoms with Crippen molar-refractivity contribution in [1.29, 1.82) is 0 Å². The fourth-order valence-electron chi connectivity index (χ4n) is 3.16. The highest BCUT2D eigenvalue weighted by molar-refractivity contribution is 5.93. The van der Waals surface area contributed by atoms with Gasteiger partial charge >= 0.3 is 0 Å². The zero-order valence-electron chi connectivity index (χ0n) is 12.8. The fourth-order valence-corrected chi connectivity index (χ4v) is 3.16. The first-order chi connectivity index (χ1) is 11.2. The maximum absolute atomic E-state index is 12.6. The van der Waals surface area contributed by atoms with Gasteiger partial charge in [-0.3, -0.25) is 14.6 Å². The van der Waals surface area contributed by atoms with E-state index in [4.69, 9.17) is 0 Å². The number of hydrogen-bond acceptors (Lipinski definition) is 5. The summed E-state index contributed by atoms with van der Waals surface area (Å²) in [4.78, 5) is 23.1. The molecule has 1 atom stereocenters. The van der Waals surface area contributed by atoms with Crippen molar-refractivity contribution < 1.29 is 4.79 Å². The summed E-state index contributed by atoms with van der Waals surface area (Å²) < 4.78 is 1.65. The lowest BCUT2D eigenvalue weighted by molar-refractivity contribution is 0.0706. The number of likely N-dealkylation sites (tertiary alicyclic amines) is 1. The molecule has 0 spiro atoms. The quantitative estimate of drug-likeness (QED) is 0.765. The van der Waals surface area contributed by atoms with Crippen LogP contribution < -0.4 is 0 Å². The summed E-state index contributed by atoms with van der Waals surface area (Å²) in [6.07, 6.45) is 8.63. The molecule has 3 aromatic rings. The summed E-state index contributed by atoms with van der Waals surface area (Å²) in [7, 11) is 1.81. The fraction of sp³-hybridized carbons (Fsp3) is 0.400. The van der Waals surface area contributed by atoms with Gasteiger partial charge in [-0.05, 0) is 12.8 Å². The van der Waals surface area contributed by atoms with Gasteiger partial charge < -0.3 is 4.90 Å². The summed E-state index contributed by atoms with van der Waals surface area (Å²) in [6, 6.07) is 0. The van der Waals surface area contributed by atoms with E-state index in [0.29, 0.717) is 17.8 Å². The Bertz CT molecular complexity index is 852. The topological polar surface area (TPSA) is 92.6 Å². The Hall–Kier alpha value is -2.77. The summed E-state index contributed by atoms with van der Waals surface area (Å²) in [5.74, 6) is 0.226. The monoisotopic (exact) mass is 311 g/mol. The third-order valence-corrected chi connectivity index (χ3v) is 4.28. The van der Waals surface area contributed by atoms with E-state index in [9.17, 15) is 4.79 Å². The van der Waals surface area contributed by atoms with Crippen LogP contribution in [0.25, 0.3) is 11.2 Å². The lowest BCUT2D eigenvalue weighted by Crippen LogP contribution is -2.39. The van der Waals surface area contributed by atoms with E-state index in [-0.39, 0.29) is 11.8 Å². The second kappa shape index (κ2) is 5.45. The van der Waals surface area contributed by atoms with Gasteiger partial charge in [-0.25, -0.2) is 9.97 Å². The van der Waals surface area contributed by atoms with Crippen LogP contribution in [0.2, 0.25) is 0 Å². The molecule has 1 fully saturated rings. The molecule has 0 aliphatic carbocycles. The van der Waals surface area contributed by atoms with E-state index >= 15 is 0 Å². The molecule has 4 rings (SSSR count). The Morgan fingerprint density at radius 1 is 1.35 bits per heavy atom. The average molecular weight is 311 g/mol. The molecular weight excluding hydrogens is 294 g/mol. The van der Waals surface area contributed by atoms with Crippen LogP contribution >= 0.6 is 0 Å². The lowest BCUT2D eigenvalue weighted by Gasteiger charge is -2.32. The minimum Gasteiger partial charge on any atom is -0.338 e.